The van der Waals surface area contributed by atoms with Gasteiger partial charge in [0.1, 0.15) is 5.75 Å². The number of hydrogen-bond donors (Lipinski definition) is 2. The Kier molecular flexibility index (Phi) is 6.34. The molecule has 5 heteroatoms. The first-order valence-corrected chi connectivity index (χ1v) is 9.57. The van der Waals surface area contributed by atoms with Gasteiger partial charge in [-0.05, 0) is 60.8 Å². The fourth-order valence-corrected chi connectivity index (χ4v) is 3.50. The van der Waals surface area contributed by atoms with Crippen molar-refractivity contribution in [3.8, 4) is 5.75 Å². The summed E-state index contributed by atoms with van der Waals surface area (Å²) in [6, 6.07) is 16.5. The van der Waals surface area contributed by atoms with Crippen LogP contribution in [0.25, 0.3) is 0 Å². The Hall–Kier alpha value is -2.27. The van der Waals surface area contributed by atoms with E-state index in [1.807, 2.05) is 24.3 Å². The molecular weight excluding hydrogens is 342 g/mol. The molecule has 4 nitrogen and oxygen atoms in total. The van der Waals surface area contributed by atoms with Crippen LogP contribution >= 0.6 is 12.2 Å². The standard InChI is InChI=1S/C21H27N3OS/c1-16-5-4-12-24(15-16)19-10-8-17(9-11-19)14-22-21(26)23-18-6-3-7-20(13-18)25-2/h3,6-11,13,16H,4-5,12,14-15H2,1-2H3,(H2,22,23,26)/t16-/m1/s1. The Labute approximate surface area is 161 Å². The van der Waals surface area contributed by atoms with E-state index < -0.39 is 0 Å². The number of nitrogens with one attached hydrogen (secondary N) is 2. The largest absolute Gasteiger partial charge is 0.497 e. The summed E-state index contributed by atoms with van der Waals surface area (Å²) < 4.78 is 5.23. The predicted molar refractivity (Wildman–Crippen MR) is 113 cm³/mol. The monoisotopic (exact) mass is 369 g/mol. The van der Waals surface area contributed by atoms with Crippen molar-refractivity contribution in [1.29, 1.82) is 0 Å². The third-order valence-corrected chi connectivity index (χ3v) is 4.99. The van der Waals surface area contributed by atoms with Crippen LogP contribution in [0.2, 0.25) is 0 Å². The van der Waals surface area contributed by atoms with Gasteiger partial charge in [0.15, 0.2) is 5.11 Å². The lowest BCUT2D eigenvalue weighted by atomic mass is 9.99. The first-order chi connectivity index (χ1) is 12.6. The van der Waals surface area contributed by atoms with E-state index in [2.05, 4.69) is 46.7 Å². The molecule has 26 heavy (non-hydrogen) atoms. The Bertz CT molecular complexity index is 732. The van der Waals surface area contributed by atoms with Crippen LogP contribution in [0, 0.1) is 5.92 Å². The number of methoxy groups -OCH3 is 1. The smallest absolute Gasteiger partial charge is 0.171 e. The van der Waals surface area contributed by atoms with Crippen LogP contribution < -0.4 is 20.3 Å². The SMILES string of the molecule is COc1cccc(NC(=S)NCc2ccc(N3CCC[C@@H](C)C3)cc2)c1. The third kappa shape index (κ3) is 5.11. The van der Waals surface area contributed by atoms with Gasteiger partial charge in [0, 0.05) is 37.1 Å². The van der Waals surface area contributed by atoms with E-state index in [1.165, 1.54) is 24.1 Å². The van der Waals surface area contributed by atoms with Crippen molar-refractivity contribution in [3.63, 3.8) is 0 Å². The number of thiocarbonyl (C=S) groups is 1. The molecule has 1 atom stereocenters. The summed E-state index contributed by atoms with van der Waals surface area (Å²) in [6.45, 7) is 5.36. The highest BCUT2D eigenvalue weighted by molar-refractivity contribution is 7.80. The van der Waals surface area contributed by atoms with Crippen molar-refractivity contribution in [2.75, 3.05) is 30.4 Å². The zero-order valence-electron chi connectivity index (χ0n) is 15.5. The van der Waals surface area contributed by atoms with Gasteiger partial charge in [0.05, 0.1) is 7.11 Å². The van der Waals surface area contributed by atoms with Gasteiger partial charge in [-0.15, -0.1) is 0 Å². The minimum atomic E-state index is 0.604. The Morgan fingerprint density at radius 1 is 1.23 bits per heavy atom. The van der Waals surface area contributed by atoms with Crippen LogP contribution in [-0.2, 0) is 6.54 Å². The molecule has 1 saturated heterocycles. The van der Waals surface area contributed by atoms with Gasteiger partial charge in [-0.25, -0.2) is 0 Å². The first kappa shape index (κ1) is 18.5. The maximum Gasteiger partial charge on any atom is 0.171 e. The predicted octanol–water partition coefficient (Wildman–Crippen LogP) is 4.42. The minimum Gasteiger partial charge on any atom is -0.497 e. The van der Waals surface area contributed by atoms with Crippen molar-refractivity contribution >= 4 is 28.7 Å². The molecule has 2 aromatic carbocycles. The molecule has 1 fully saturated rings. The summed E-state index contributed by atoms with van der Waals surface area (Å²) in [4.78, 5) is 2.49. The second kappa shape index (κ2) is 8.90. The van der Waals surface area contributed by atoms with E-state index in [-0.39, 0.29) is 0 Å². The number of rotatable bonds is 5. The maximum atomic E-state index is 5.38. The van der Waals surface area contributed by atoms with E-state index in [0.717, 1.165) is 30.4 Å². The number of hydrogen-bond acceptors (Lipinski definition) is 3. The van der Waals surface area contributed by atoms with Crippen LogP contribution in [-0.4, -0.2) is 25.3 Å². The van der Waals surface area contributed by atoms with E-state index >= 15 is 0 Å². The first-order valence-electron chi connectivity index (χ1n) is 9.17. The highest BCUT2D eigenvalue weighted by atomic mass is 32.1. The van der Waals surface area contributed by atoms with Gasteiger partial charge in [-0.3, -0.25) is 0 Å². The number of piperidine rings is 1. The summed E-state index contributed by atoms with van der Waals surface area (Å²) in [7, 11) is 1.66. The van der Waals surface area contributed by atoms with Gasteiger partial charge in [-0.1, -0.05) is 25.1 Å². The lowest BCUT2D eigenvalue weighted by Gasteiger charge is -2.32. The molecular formula is C21H27N3OS. The molecule has 3 rings (SSSR count). The molecule has 1 aliphatic rings. The van der Waals surface area contributed by atoms with E-state index in [1.54, 1.807) is 7.11 Å². The lowest BCUT2D eigenvalue weighted by Crippen LogP contribution is -2.34. The molecule has 0 aliphatic carbocycles. The molecule has 0 radical (unpaired) electrons. The molecule has 1 heterocycles. The number of ether oxygens (including phenoxy) is 1. The van der Waals surface area contributed by atoms with Crippen LogP contribution in [0.4, 0.5) is 11.4 Å². The molecule has 0 aromatic heterocycles. The second-order valence-electron chi connectivity index (χ2n) is 6.90. The van der Waals surface area contributed by atoms with Crippen molar-refractivity contribution < 1.29 is 4.74 Å². The van der Waals surface area contributed by atoms with E-state index in [9.17, 15) is 0 Å². The summed E-state index contributed by atoms with van der Waals surface area (Å²) in [5.74, 6) is 1.59. The summed E-state index contributed by atoms with van der Waals surface area (Å²) in [5, 5.41) is 7.05. The van der Waals surface area contributed by atoms with Gasteiger partial charge in [0.25, 0.3) is 0 Å². The summed E-state index contributed by atoms with van der Waals surface area (Å²) in [5.41, 5.74) is 3.45. The van der Waals surface area contributed by atoms with Crippen molar-refractivity contribution in [1.82, 2.24) is 5.32 Å². The topological polar surface area (TPSA) is 36.5 Å². The minimum absolute atomic E-state index is 0.604. The molecule has 138 valence electrons. The zero-order chi connectivity index (χ0) is 18.4. The fraction of sp³-hybridized carbons (Fsp3) is 0.381. The quantitative estimate of drug-likeness (QED) is 0.763. The lowest BCUT2D eigenvalue weighted by molar-refractivity contribution is 0.415. The van der Waals surface area contributed by atoms with Crippen LogP contribution in [0.15, 0.2) is 48.5 Å². The van der Waals surface area contributed by atoms with Crippen LogP contribution in [0.1, 0.15) is 25.3 Å². The number of nitrogens with zero attached hydrogens (tertiary/aromatic N) is 1. The molecule has 0 amide bonds. The average molecular weight is 370 g/mol. The summed E-state index contributed by atoms with van der Waals surface area (Å²) in [6.07, 6.45) is 2.63. The van der Waals surface area contributed by atoms with Crippen molar-refractivity contribution in [2.24, 2.45) is 5.92 Å². The zero-order valence-corrected chi connectivity index (χ0v) is 16.3. The molecule has 0 saturated carbocycles. The second-order valence-corrected chi connectivity index (χ2v) is 7.31. The Morgan fingerprint density at radius 2 is 2.04 bits per heavy atom. The van der Waals surface area contributed by atoms with Gasteiger partial charge < -0.3 is 20.3 Å². The Balaban J connectivity index is 1.50. The fourth-order valence-electron chi connectivity index (χ4n) is 3.31. The molecule has 0 unspecified atom stereocenters. The van der Waals surface area contributed by atoms with Crippen molar-refractivity contribution in [2.45, 2.75) is 26.3 Å². The van der Waals surface area contributed by atoms with E-state index in [4.69, 9.17) is 17.0 Å². The highest BCUT2D eigenvalue weighted by Gasteiger charge is 2.16. The summed E-state index contributed by atoms with van der Waals surface area (Å²) >= 11 is 5.38. The maximum absolute atomic E-state index is 5.38. The number of benzene rings is 2. The van der Waals surface area contributed by atoms with Crippen LogP contribution in [0.5, 0.6) is 5.75 Å². The molecule has 1 aliphatic heterocycles. The normalized spacial score (nSPS) is 16.8. The van der Waals surface area contributed by atoms with Crippen LogP contribution in [0.3, 0.4) is 0 Å². The molecule has 2 aromatic rings. The molecule has 2 N–H and O–H groups in total. The van der Waals surface area contributed by atoms with E-state index in [0.29, 0.717) is 11.7 Å². The van der Waals surface area contributed by atoms with Gasteiger partial charge >= 0.3 is 0 Å². The Morgan fingerprint density at radius 3 is 2.77 bits per heavy atom. The van der Waals surface area contributed by atoms with Gasteiger partial charge in [0.2, 0.25) is 0 Å². The van der Waals surface area contributed by atoms with Gasteiger partial charge in [-0.2, -0.15) is 0 Å². The highest BCUT2D eigenvalue weighted by Crippen LogP contribution is 2.23. The van der Waals surface area contributed by atoms with Crippen molar-refractivity contribution in [3.05, 3.63) is 54.1 Å². The number of anilines is 2. The average Bonchev–Trinajstić information content (AvgIpc) is 2.67. The molecule has 0 bridgehead atoms. The third-order valence-electron chi connectivity index (χ3n) is 4.74. The molecule has 0 spiro atoms.